The number of ether oxygens (including phenoxy) is 1. The third-order valence-corrected chi connectivity index (χ3v) is 2.58. The number of hydrogen-bond acceptors (Lipinski definition) is 3. The lowest BCUT2D eigenvalue weighted by atomic mass is 10.1. The molecular formula is C12H15F3N2O2. The van der Waals surface area contributed by atoms with Crippen LogP contribution < -0.4 is 11.1 Å². The number of alkyl halides is 3. The predicted octanol–water partition coefficient (Wildman–Crippen LogP) is 1.93. The Morgan fingerprint density at radius 2 is 2.11 bits per heavy atom. The topological polar surface area (TPSA) is 64.3 Å². The molecule has 0 aliphatic rings. The van der Waals surface area contributed by atoms with Crippen LogP contribution in [0.2, 0.25) is 0 Å². The quantitative estimate of drug-likeness (QED) is 0.883. The number of nitrogens with two attached hydrogens (primary N) is 1. The van der Waals surface area contributed by atoms with E-state index in [9.17, 15) is 18.0 Å². The van der Waals surface area contributed by atoms with Crippen LogP contribution >= 0.6 is 0 Å². The van der Waals surface area contributed by atoms with Crippen LogP contribution in [-0.2, 0) is 15.7 Å². The average Bonchev–Trinajstić information content (AvgIpc) is 2.30. The highest BCUT2D eigenvalue weighted by molar-refractivity contribution is 5.95. The SMILES string of the molecule is COCC(N)C(=O)Nc1cccc(C(F)(F)F)c1C. The molecule has 1 rings (SSSR count). The lowest BCUT2D eigenvalue weighted by Crippen LogP contribution is -2.39. The number of carbonyl (C=O) groups is 1. The fraction of sp³-hybridized carbons (Fsp3) is 0.417. The van der Waals surface area contributed by atoms with Crippen molar-refractivity contribution in [3.05, 3.63) is 29.3 Å². The van der Waals surface area contributed by atoms with Crippen LogP contribution in [0.1, 0.15) is 11.1 Å². The van der Waals surface area contributed by atoms with Crippen LogP contribution in [0.25, 0.3) is 0 Å². The predicted molar refractivity (Wildman–Crippen MR) is 64.7 cm³/mol. The van der Waals surface area contributed by atoms with E-state index in [0.29, 0.717) is 0 Å². The minimum atomic E-state index is -4.46. The molecule has 0 fully saturated rings. The molecule has 0 aliphatic heterocycles. The maximum absolute atomic E-state index is 12.7. The minimum absolute atomic E-state index is 0.0101. The van der Waals surface area contributed by atoms with Gasteiger partial charge in [0.15, 0.2) is 0 Å². The average molecular weight is 276 g/mol. The molecule has 0 spiro atoms. The Bertz CT molecular complexity index is 461. The highest BCUT2D eigenvalue weighted by Gasteiger charge is 2.33. The molecule has 0 aromatic heterocycles. The van der Waals surface area contributed by atoms with Crippen molar-refractivity contribution in [1.29, 1.82) is 0 Å². The number of hydrogen-bond donors (Lipinski definition) is 2. The second kappa shape index (κ2) is 6.03. The molecule has 0 radical (unpaired) electrons. The molecule has 0 bridgehead atoms. The van der Waals surface area contributed by atoms with Gasteiger partial charge in [0.2, 0.25) is 5.91 Å². The molecule has 3 N–H and O–H groups in total. The van der Waals surface area contributed by atoms with Gasteiger partial charge in [-0.15, -0.1) is 0 Å². The van der Waals surface area contributed by atoms with Crippen molar-refractivity contribution in [1.82, 2.24) is 0 Å². The van der Waals surface area contributed by atoms with E-state index in [0.717, 1.165) is 6.07 Å². The van der Waals surface area contributed by atoms with E-state index in [1.54, 1.807) is 0 Å². The van der Waals surface area contributed by atoms with E-state index < -0.39 is 23.7 Å². The number of rotatable bonds is 4. The van der Waals surface area contributed by atoms with Crippen LogP contribution in [0.4, 0.5) is 18.9 Å². The van der Waals surface area contributed by atoms with Gasteiger partial charge in [0.1, 0.15) is 6.04 Å². The summed E-state index contributed by atoms with van der Waals surface area (Å²) in [6.45, 7) is 1.28. The molecule has 1 atom stereocenters. The number of benzene rings is 1. The van der Waals surface area contributed by atoms with Crippen molar-refractivity contribution < 1.29 is 22.7 Å². The van der Waals surface area contributed by atoms with E-state index in [1.165, 1.54) is 26.2 Å². The summed E-state index contributed by atoms with van der Waals surface area (Å²) >= 11 is 0. The van der Waals surface area contributed by atoms with E-state index in [4.69, 9.17) is 10.5 Å². The molecule has 0 saturated heterocycles. The van der Waals surface area contributed by atoms with Crippen LogP contribution in [0.5, 0.6) is 0 Å². The molecule has 106 valence electrons. The van der Waals surface area contributed by atoms with Crippen molar-refractivity contribution in [2.75, 3.05) is 19.0 Å². The van der Waals surface area contributed by atoms with Crippen molar-refractivity contribution >= 4 is 11.6 Å². The first-order chi connectivity index (χ1) is 8.77. The first-order valence-corrected chi connectivity index (χ1v) is 5.49. The molecule has 0 saturated carbocycles. The van der Waals surface area contributed by atoms with E-state index in [2.05, 4.69) is 5.32 Å². The Hall–Kier alpha value is -1.60. The molecule has 0 aliphatic carbocycles. The molecular weight excluding hydrogens is 261 g/mol. The van der Waals surface area contributed by atoms with E-state index >= 15 is 0 Å². The van der Waals surface area contributed by atoms with Gasteiger partial charge in [-0.3, -0.25) is 4.79 Å². The first-order valence-electron chi connectivity index (χ1n) is 5.49. The summed E-state index contributed by atoms with van der Waals surface area (Å²) in [5, 5.41) is 2.36. The lowest BCUT2D eigenvalue weighted by molar-refractivity contribution is -0.138. The van der Waals surface area contributed by atoms with Crippen molar-refractivity contribution in [2.45, 2.75) is 19.1 Å². The third-order valence-electron chi connectivity index (χ3n) is 2.58. The number of nitrogens with one attached hydrogen (secondary N) is 1. The van der Waals surface area contributed by atoms with Crippen LogP contribution in [0.15, 0.2) is 18.2 Å². The second-order valence-corrected chi connectivity index (χ2v) is 4.03. The van der Waals surface area contributed by atoms with Crippen LogP contribution in [0, 0.1) is 6.92 Å². The fourth-order valence-corrected chi connectivity index (χ4v) is 1.56. The highest BCUT2D eigenvalue weighted by atomic mass is 19.4. The maximum Gasteiger partial charge on any atom is 0.416 e. The second-order valence-electron chi connectivity index (χ2n) is 4.03. The highest BCUT2D eigenvalue weighted by Crippen LogP contribution is 2.34. The summed E-state index contributed by atoms with van der Waals surface area (Å²) in [6, 6.07) is 2.65. The van der Waals surface area contributed by atoms with E-state index in [1.807, 2.05) is 0 Å². The Kier molecular flexibility index (Phi) is 4.90. The number of halogens is 3. The number of anilines is 1. The van der Waals surface area contributed by atoms with Gasteiger partial charge in [0.05, 0.1) is 12.2 Å². The van der Waals surface area contributed by atoms with Crippen molar-refractivity contribution in [2.24, 2.45) is 5.73 Å². The molecule has 19 heavy (non-hydrogen) atoms. The monoisotopic (exact) mass is 276 g/mol. The number of carbonyl (C=O) groups excluding carboxylic acids is 1. The van der Waals surface area contributed by atoms with Gasteiger partial charge in [-0.2, -0.15) is 13.2 Å². The van der Waals surface area contributed by atoms with Crippen molar-refractivity contribution in [3.63, 3.8) is 0 Å². The molecule has 1 aromatic carbocycles. The Labute approximate surface area is 108 Å². The van der Waals surface area contributed by atoms with E-state index in [-0.39, 0.29) is 17.9 Å². The normalized spacial score (nSPS) is 13.2. The van der Waals surface area contributed by atoms with Gasteiger partial charge in [0.25, 0.3) is 0 Å². The van der Waals surface area contributed by atoms with Crippen LogP contribution in [0.3, 0.4) is 0 Å². The van der Waals surface area contributed by atoms with Gasteiger partial charge in [0, 0.05) is 12.8 Å². The Morgan fingerprint density at radius 3 is 2.63 bits per heavy atom. The number of amides is 1. The van der Waals surface area contributed by atoms with Gasteiger partial charge in [-0.05, 0) is 24.6 Å². The first kappa shape index (κ1) is 15.5. The largest absolute Gasteiger partial charge is 0.416 e. The third kappa shape index (κ3) is 3.93. The van der Waals surface area contributed by atoms with Gasteiger partial charge in [-0.25, -0.2) is 0 Å². The molecule has 1 amide bonds. The molecule has 1 unspecified atom stereocenters. The van der Waals surface area contributed by atoms with Gasteiger partial charge in [-0.1, -0.05) is 6.07 Å². The Balaban J connectivity index is 2.94. The minimum Gasteiger partial charge on any atom is -0.383 e. The molecule has 0 heterocycles. The maximum atomic E-state index is 12.7. The summed E-state index contributed by atoms with van der Waals surface area (Å²) < 4.78 is 42.8. The fourth-order valence-electron chi connectivity index (χ4n) is 1.56. The smallest absolute Gasteiger partial charge is 0.383 e. The summed E-state index contributed by atoms with van der Waals surface area (Å²) in [7, 11) is 1.38. The summed E-state index contributed by atoms with van der Waals surface area (Å²) in [6.07, 6.45) is -4.46. The summed E-state index contributed by atoms with van der Waals surface area (Å²) in [5.41, 5.74) is 4.74. The zero-order chi connectivity index (χ0) is 14.6. The zero-order valence-corrected chi connectivity index (χ0v) is 10.5. The zero-order valence-electron chi connectivity index (χ0n) is 10.5. The van der Waals surface area contributed by atoms with Gasteiger partial charge < -0.3 is 15.8 Å². The molecule has 7 heteroatoms. The molecule has 1 aromatic rings. The Morgan fingerprint density at radius 1 is 1.47 bits per heavy atom. The standard InChI is InChI=1S/C12H15F3N2O2/c1-7-8(12(13,14)15)4-3-5-10(7)17-11(18)9(16)6-19-2/h3-5,9H,6,16H2,1-2H3,(H,17,18). The van der Waals surface area contributed by atoms with Crippen LogP contribution in [-0.4, -0.2) is 25.7 Å². The molecule has 4 nitrogen and oxygen atoms in total. The summed E-state index contributed by atoms with van der Waals surface area (Å²) in [5.74, 6) is -0.593. The van der Waals surface area contributed by atoms with Crippen molar-refractivity contribution in [3.8, 4) is 0 Å². The lowest BCUT2D eigenvalue weighted by Gasteiger charge is -2.16. The van der Waals surface area contributed by atoms with Gasteiger partial charge >= 0.3 is 6.18 Å². The number of methoxy groups -OCH3 is 1. The summed E-state index contributed by atoms with van der Waals surface area (Å²) in [4.78, 5) is 11.6.